The van der Waals surface area contributed by atoms with Crippen LogP contribution in [-0.4, -0.2) is 203 Å². The normalized spacial score (nSPS) is 18.5. The summed E-state index contributed by atoms with van der Waals surface area (Å²) in [5, 5.41) is 36.2. The smallest absolute Gasteiger partial charge is 0.326 e. The number of nitrogens with zero attached hydrogens (tertiary/aromatic N) is 5. The molecule has 0 spiro atoms. The number of unbranched alkanes of at least 4 members (excludes halogenated alkanes) is 1. The standard InChI is InChI=1S/C56H85N17O12/c57-24-8-7-19-38(54(84)85)68-46(76)37(20-10-26-64-56(61)62)67-48(78)40(31-35-16-5-2-6-17-35)69-50(80)43-22-12-27-71(43)52(82)41(33-74)70-47(77)39(30-34-14-3-1-4-15-34)66-45(75)32-65-49(79)42-21-11-28-72(42)53(83)44-23-13-29-73(44)51(81)36(58)18-9-25-63-55(59)60/h1-6,14-17,36-44,74H,7-13,18-33,57-58H2,(H,65,79)(H,66,75)(H,67,78)(H,68,76)(H,69,80)(H,70,77)(H,84,85)(H4,59,60,63)(H4,61,62,64)/t36-,37-,38-,39-,40-,41-,42-,43-,44-/m0/s1. The second-order valence-electron chi connectivity index (χ2n) is 21.3. The number of guanidine groups is 2. The molecule has 3 aliphatic heterocycles. The third-order valence-corrected chi connectivity index (χ3v) is 15.0. The summed E-state index contributed by atoms with van der Waals surface area (Å²) in [5.41, 5.74) is 34.8. The number of benzene rings is 2. The molecular formula is C56H85N17O12. The number of likely N-dealkylation sites (tertiary alicyclic amines) is 3. The van der Waals surface area contributed by atoms with Crippen LogP contribution in [0.5, 0.6) is 0 Å². The summed E-state index contributed by atoms with van der Waals surface area (Å²) in [5.74, 6) is -7.86. The van der Waals surface area contributed by atoms with Crippen LogP contribution in [0.1, 0.15) is 94.6 Å². The number of nitrogens with two attached hydrogens (primary N) is 6. The van der Waals surface area contributed by atoms with Crippen LogP contribution >= 0.6 is 0 Å². The summed E-state index contributed by atoms with van der Waals surface area (Å²) in [7, 11) is 0. The maximum absolute atomic E-state index is 14.3. The number of hydrogen-bond donors (Lipinski definition) is 14. The molecule has 466 valence electrons. The summed E-state index contributed by atoms with van der Waals surface area (Å²) in [6, 6.07) is 6.48. The Kier molecular flexibility index (Phi) is 27.2. The number of amides is 9. The lowest BCUT2D eigenvalue weighted by atomic mass is 10.0. The highest BCUT2D eigenvalue weighted by atomic mass is 16.4. The van der Waals surface area contributed by atoms with Gasteiger partial charge in [-0.3, -0.25) is 53.1 Å². The first-order chi connectivity index (χ1) is 40.7. The molecule has 3 aliphatic rings. The van der Waals surface area contributed by atoms with Gasteiger partial charge in [-0.2, -0.15) is 0 Å². The number of hydrogen-bond acceptors (Lipinski definition) is 15. The van der Waals surface area contributed by atoms with Gasteiger partial charge in [-0.25, -0.2) is 4.79 Å². The van der Waals surface area contributed by atoms with Crippen LogP contribution in [0.15, 0.2) is 70.6 Å². The molecule has 2 aromatic rings. The van der Waals surface area contributed by atoms with E-state index < -0.39 is 127 Å². The van der Waals surface area contributed by atoms with Gasteiger partial charge in [0.2, 0.25) is 53.2 Å². The third kappa shape index (κ3) is 21.0. The zero-order valence-corrected chi connectivity index (χ0v) is 47.9. The van der Waals surface area contributed by atoms with E-state index in [9.17, 15) is 58.2 Å². The quantitative estimate of drug-likeness (QED) is 0.0182. The van der Waals surface area contributed by atoms with Gasteiger partial charge < -0.3 is 91.2 Å². The van der Waals surface area contributed by atoms with Gasteiger partial charge in [-0.05, 0) is 101 Å². The van der Waals surface area contributed by atoms with Crippen molar-refractivity contribution in [1.82, 2.24) is 46.6 Å². The predicted molar refractivity (Wildman–Crippen MR) is 313 cm³/mol. The largest absolute Gasteiger partial charge is 0.480 e. The minimum absolute atomic E-state index is 0.0226. The van der Waals surface area contributed by atoms with E-state index in [2.05, 4.69) is 41.9 Å². The van der Waals surface area contributed by atoms with Gasteiger partial charge in [-0.15, -0.1) is 0 Å². The lowest BCUT2D eigenvalue weighted by Crippen LogP contribution is -2.60. The molecule has 20 N–H and O–H groups in total. The Balaban J connectivity index is 1.24. The van der Waals surface area contributed by atoms with Gasteiger partial charge in [0.1, 0.15) is 48.3 Å². The van der Waals surface area contributed by atoms with Crippen molar-refractivity contribution in [2.45, 2.75) is 151 Å². The van der Waals surface area contributed by atoms with Crippen molar-refractivity contribution in [2.24, 2.45) is 44.4 Å². The molecule has 2 aromatic carbocycles. The molecule has 9 atom stereocenters. The summed E-state index contributed by atoms with van der Waals surface area (Å²) >= 11 is 0. The van der Waals surface area contributed by atoms with Gasteiger partial charge in [0, 0.05) is 45.6 Å². The van der Waals surface area contributed by atoms with Crippen LogP contribution < -0.4 is 66.3 Å². The maximum atomic E-state index is 14.3. The number of carboxylic acids is 1. The van der Waals surface area contributed by atoms with Crippen molar-refractivity contribution >= 4 is 71.1 Å². The molecule has 3 heterocycles. The summed E-state index contributed by atoms with van der Waals surface area (Å²) in [4.78, 5) is 150. The van der Waals surface area contributed by atoms with Gasteiger partial charge >= 0.3 is 5.97 Å². The Morgan fingerprint density at radius 2 is 1.01 bits per heavy atom. The molecule has 0 saturated carbocycles. The monoisotopic (exact) mass is 1190 g/mol. The van der Waals surface area contributed by atoms with E-state index in [4.69, 9.17) is 34.4 Å². The Morgan fingerprint density at radius 3 is 1.55 bits per heavy atom. The molecule has 29 nitrogen and oxygen atoms in total. The van der Waals surface area contributed by atoms with Crippen molar-refractivity contribution in [2.75, 3.05) is 52.4 Å². The molecule has 5 rings (SSSR count). The highest BCUT2D eigenvalue weighted by Crippen LogP contribution is 2.26. The number of nitrogens with one attached hydrogen (secondary N) is 6. The van der Waals surface area contributed by atoms with Gasteiger partial charge in [0.25, 0.3) is 0 Å². The van der Waals surface area contributed by atoms with Crippen LogP contribution in [0.25, 0.3) is 0 Å². The number of rotatable bonds is 33. The zero-order chi connectivity index (χ0) is 62.0. The Bertz CT molecular complexity index is 2660. The zero-order valence-electron chi connectivity index (χ0n) is 47.9. The Hall–Kier alpha value is -8.44. The van der Waals surface area contributed by atoms with Crippen LogP contribution in [0.3, 0.4) is 0 Å². The number of aliphatic carboxylic acids is 1. The van der Waals surface area contributed by atoms with Crippen molar-refractivity contribution < 1.29 is 58.2 Å². The van der Waals surface area contributed by atoms with Crippen LogP contribution in [0, 0.1) is 0 Å². The summed E-state index contributed by atoms with van der Waals surface area (Å²) in [6.45, 7) is -0.267. The third-order valence-electron chi connectivity index (χ3n) is 15.0. The van der Waals surface area contributed by atoms with Crippen molar-refractivity contribution in [3.63, 3.8) is 0 Å². The molecule has 3 saturated heterocycles. The molecular weight excluding hydrogens is 1100 g/mol. The molecule has 0 unspecified atom stereocenters. The van der Waals surface area contributed by atoms with E-state index in [1.165, 1.54) is 14.7 Å². The maximum Gasteiger partial charge on any atom is 0.326 e. The number of aliphatic imine (C=N–C) groups is 2. The van der Waals surface area contributed by atoms with E-state index in [1.54, 1.807) is 60.7 Å². The number of carbonyl (C=O) groups is 10. The van der Waals surface area contributed by atoms with Crippen molar-refractivity contribution in [1.29, 1.82) is 0 Å². The Morgan fingerprint density at radius 1 is 0.541 bits per heavy atom. The highest BCUT2D eigenvalue weighted by molar-refractivity contribution is 5.98. The molecule has 0 aliphatic carbocycles. The predicted octanol–water partition coefficient (Wildman–Crippen LogP) is -4.37. The molecule has 3 fully saturated rings. The van der Waals surface area contributed by atoms with E-state index in [1.807, 2.05) is 0 Å². The molecule has 0 bridgehead atoms. The van der Waals surface area contributed by atoms with Crippen molar-refractivity contribution in [3.8, 4) is 0 Å². The number of carbonyl (C=O) groups excluding carboxylic acids is 9. The lowest BCUT2D eigenvalue weighted by molar-refractivity contribution is -0.147. The number of aliphatic hydroxyl groups is 1. The molecule has 29 heteroatoms. The average Bonchev–Trinajstić information content (AvgIpc) is 4.37. The number of carboxylic acid groups (broad SMARTS) is 1. The second kappa shape index (κ2) is 34.4. The molecule has 85 heavy (non-hydrogen) atoms. The van der Waals surface area contributed by atoms with Gasteiger partial charge in [-0.1, -0.05) is 60.7 Å². The Labute approximate surface area is 493 Å². The van der Waals surface area contributed by atoms with E-state index in [-0.39, 0.29) is 83.0 Å². The molecule has 0 radical (unpaired) electrons. The van der Waals surface area contributed by atoms with E-state index in [0.717, 1.165) is 0 Å². The minimum atomic E-state index is -1.62. The first kappa shape index (κ1) is 67.4. The lowest BCUT2D eigenvalue weighted by Gasteiger charge is -2.32. The van der Waals surface area contributed by atoms with E-state index >= 15 is 0 Å². The minimum Gasteiger partial charge on any atom is -0.480 e. The van der Waals surface area contributed by atoms with Crippen LogP contribution in [-0.2, 0) is 60.8 Å². The van der Waals surface area contributed by atoms with E-state index in [0.29, 0.717) is 75.6 Å². The first-order valence-electron chi connectivity index (χ1n) is 28.9. The van der Waals surface area contributed by atoms with Crippen molar-refractivity contribution in [3.05, 3.63) is 71.8 Å². The van der Waals surface area contributed by atoms with Gasteiger partial charge in [0.05, 0.1) is 19.2 Å². The number of aliphatic hydroxyl groups excluding tert-OH is 1. The fraction of sp³-hybridized carbons (Fsp3) is 0.571. The highest BCUT2D eigenvalue weighted by Gasteiger charge is 2.44. The SMILES string of the molecule is NCCCC[C@H](NC(=O)[C@H](CCCN=C(N)N)NC(=O)[C@H](Cc1ccccc1)NC(=O)[C@@H]1CCCN1C(=O)[C@H](CO)NC(=O)[C@H](Cc1ccccc1)NC(=O)CNC(=O)[C@@H]1CCCN1C(=O)[C@@H]1CCCN1C(=O)[C@@H](N)CCCN=C(N)N)C(=O)O. The summed E-state index contributed by atoms with van der Waals surface area (Å²) < 4.78 is 0. The fourth-order valence-corrected chi connectivity index (χ4v) is 10.6. The molecule has 9 amide bonds. The first-order valence-corrected chi connectivity index (χ1v) is 28.9. The van der Waals surface area contributed by atoms with Crippen LogP contribution in [0.4, 0.5) is 0 Å². The average molecular weight is 1190 g/mol. The van der Waals surface area contributed by atoms with Crippen LogP contribution in [0.2, 0.25) is 0 Å². The fourth-order valence-electron chi connectivity index (χ4n) is 10.6. The van der Waals surface area contributed by atoms with Gasteiger partial charge in [0.15, 0.2) is 11.9 Å². The molecule has 0 aromatic heterocycles. The summed E-state index contributed by atoms with van der Waals surface area (Å²) in [6.07, 6.45) is 3.90. The second-order valence-corrected chi connectivity index (χ2v) is 21.3. The topological polar surface area (TPSA) is 474 Å².